The van der Waals surface area contributed by atoms with Crippen LogP contribution in [0.15, 0.2) is 64.3 Å². The van der Waals surface area contributed by atoms with Crippen LogP contribution in [0.25, 0.3) is 0 Å². The predicted molar refractivity (Wildman–Crippen MR) is 109 cm³/mol. The number of nitrogens with one attached hydrogen (secondary N) is 1. The topological polar surface area (TPSA) is 116 Å². The zero-order chi connectivity index (χ0) is 21.5. The van der Waals surface area contributed by atoms with Gasteiger partial charge in [0.2, 0.25) is 0 Å². The molecule has 0 fully saturated rings. The first-order valence-corrected chi connectivity index (χ1v) is 8.89. The second-order valence-electron chi connectivity index (χ2n) is 6.21. The van der Waals surface area contributed by atoms with E-state index in [4.69, 9.17) is 13.9 Å². The van der Waals surface area contributed by atoms with Crippen LogP contribution in [0.1, 0.15) is 27.2 Å². The van der Waals surface area contributed by atoms with E-state index >= 15 is 0 Å². The molecule has 1 heterocycles. The molecule has 0 spiro atoms. The lowest BCUT2D eigenvalue weighted by molar-refractivity contribution is -0.384. The lowest BCUT2D eigenvalue weighted by Gasteiger charge is -2.11. The molecule has 30 heavy (non-hydrogen) atoms. The highest BCUT2D eigenvalue weighted by atomic mass is 16.6. The van der Waals surface area contributed by atoms with Crippen LogP contribution < -0.4 is 14.9 Å². The van der Waals surface area contributed by atoms with Gasteiger partial charge in [0, 0.05) is 12.1 Å². The Morgan fingerprint density at radius 1 is 1.20 bits per heavy atom. The minimum atomic E-state index is -0.455. The van der Waals surface area contributed by atoms with Gasteiger partial charge in [-0.2, -0.15) is 5.10 Å². The molecule has 3 aromatic rings. The molecule has 0 saturated heterocycles. The molecule has 0 aliphatic rings. The number of benzene rings is 2. The Morgan fingerprint density at radius 3 is 2.60 bits per heavy atom. The first-order valence-electron chi connectivity index (χ1n) is 8.89. The second-order valence-corrected chi connectivity index (χ2v) is 6.21. The van der Waals surface area contributed by atoms with Gasteiger partial charge in [0.15, 0.2) is 11.5 Å². The van der Waals surface area contributed by atoms with Gasteiger partial charge in [0.1, 0.15) is 12.4 Å². The lowest BCUT2D eigenvalue weighted by atomic mass is 10.2. The molecule has 0 aliphatic carbocycles. The van der Waals surface area contributed by atoms with Gasteiger partial charge in [0.05, 0.1) is 30.1 Å². The van der Waals surface area contributed by atoms with Gasteiger partial charge in [-0.05, 0) is 54.4 Å². The summed E-state index contributed by atoms with van der Waals surface area (Å²) in [5.74, 6) is 1.12. The number of nitrogens with zero attached hydrogens (tertiary/aromatic N) is 2. The number of methoxy groups -OCH3 is 1. The molecule has 9 nitrogen and oxygen atoms in total. The number of non-ortho nitro benzene ring substituents is 1. The Hall–Kier alpha value is -4.14. The van der Waals surface area contributed by atoms with Gasteiger partial charge in [-0.25, -0.2) is 5.43 Å². The lowest BCUT2D eigenvalue weighted by Crippen LogP contribution is -2.17. The first-order chi connectivity index (χ1) is 14.5. The van der Waals surface area contributed by atoms with Crippen molar-refractivity contribution in [3.05, 3.63) is 87.4 Å². The van der Waals surface area contributed by atoms with Crippen molar-refractivity contribution in [1.29, 1.82) is 0 Å². The van der Waals surface area contributed by atoms with Crippen molar-refractivity contribution < 1.29 is 23.6 Å². The molecule has 1 N–H and O–H groups in total. The Kier molecular flexibility index (Phi) is 6.43. The smallest absolute Gasteiger partial charge is 0.274 e. The Bertz CT molecular complexity index is 1070. The van der Waals surface area contributed by atoms with Crippen molar-refractivity contribution in [2.45, 2.75) is 13.5 Å². The van der Waals surface area contributed by atoms with E-state index in [1.54, 1.807) is 43.3 Å². The highest BCUT2D eigenvalue weighted by molar-refractivity contribution is 5.95. The molecule has 9 heteroatoms. The van der Waals surface area contributed by atoms with Gasteiger partial charge in [-0.15, -0.1) is 0 Å². The number of nitro groups is 1. The van der Waals surface area contributed by atoms with Crippen molar-refractivity contribution in [1.82, 2.24) is 5.43 Å². The molecule has 0 unspecified atom stereocenters. The van der Waals surface area contributed by atoms with Crippen LogP contribution in [0.4, 0.5) is 5.69 Å². The zero-order valence-electron chi connectivity index (χ0n) is 16.3. The number of carbonyl (C=O) groups is 1. The minimum Gasteiger partial charge on any atom is -0.493 e. The van der Waals surface area contributed by atoms with Gasteiger partial charge >= 0.3 is 0 Å². The van der Waals surface area contributed by atoms with E-state index in [-0.39, 0.29) is 18.2 Å². The summed E-state index contributed by atoms with van der Waals surface area (Å²) in [5, 5.41) is 14.7. The van der Waals surface area contributed by atoms with E-state index < -0.39 is 4.92 Å². The fourth-order valence-corrected chi connectivity index (χ4v) is 2.61. The summed E-state index contributed by atoms with van der Waals surface area (Å²) >= 11 is 0. The fraction of sp³-hybridized carbons (Fsp3) is 0.143. The molecule has 154 valence electrons. The highest BCUT2D eigenvalue weighted by Crippen LogP contribution is 2.28. The van der Waals surface area contributed by atoms with Crippen molar-refractivity contribution in [3.8, 4) is 11.5 Å². The quantitative estimate of drug-likeness (QED) is 0.343. The third-order valence-electron chi connectivity index (χ3n) is 4.21. The van der Waals surface area contributed by atoms with Crippen LogP contribution in [0, 0.1) is 17.0 Å². The van der Waals surface area contributed by atoms with E-state index in [9.17, 15) is 14.9 Å². The maximum absolute atomic E-state index is 12.0. The highest BCUT2D eigenvalue weighted by Gasteiger charge is 2.10. The number of amides is 1. The maximum atomic E-state index is 12.0. The first kappa shape index (κ1) is 20.6. The molecule has 0 atom stereocenters. The van der Waals surface area contributed by atoms with Crippen LogP contribution in [0.5, 0.6) is 11.5 Å². The molecular weight excluding hydrogens is 390 g/mol. The summed E-state index contributed by atoms with van der Waals surface area (Å²) in [7, 11) is 1.52. The number of hydrogen-bond donors (Lipinski definition) is 1. The average Bonchev–Trinajstić information content (AvgIpc) is 3.18. The van der Waals surface area contributed by atoms with Gasteiger partial charge in [0.25, 0.3) is 11.6 Å². The number of aryl methyl sites for hydroxylation is 1. The van der Waals surface area contributed by atoms with Crippen molar-refractivity contribution >= 4 is 17.8 Å². The number of rotatable bonds is 8. The van der Waals surface area contributed by atoms with Crippen molar-refractivity contribution in [2.24, 2.45) is 5.10 Å². The molecule has 0 aliphatic heterocycles. The molecule has 0 radical (unpaired) electrons. The SMILES string of the molecule is COc1ccc(/C=N\NC(=O)c2ccoc2C)cc1OCc1ccc([N+](=O)[O-])cc1. The van der Waals surface area contributed by atoms with Crippen LogP contribution >= 0.6 is 0 Å². The average molecular weight is 409 g/mol. The summed E-state index contributed by atoms with van der Waals surface area (Å²) in [4.78, 5) is 22.3. The summed E-state index contributed by atoms with van der Waals surface area (Å²) in [6.45, 7) is 1.89. The Morgan fingerprint density at radius 2 is 1.97 bits per heavy atom. The molecule has 0 bridgehead atoms. The summed E-state index contributed by atoms with van der Waals surface area (Å²) < 4.78 is 16.2. The standard InChI is InChI=1S/C21H19N3O6/c1-14-18(9-10-29-14)21(25)23-22-12-16-5-8-19(28-2)20(11-16)30-13-15-3-6-17(7-4-15)24(26)27/h3-12H,13H2,1-2H3,(H,23,25)/b22-12-. The Balaban J connectivity index is 1.66. The fourth-order valence-electron chi connectivity index (χ4n) is 2.61. The molecular formula is C21H19N3O6. The van der Waals surface area contributed by atoms with Gasteiger partial charge in [-0.1, -0.05) is 0 Å². The van der Waals surface area contributed by atoms with E-state index in [0.29, 0.717) is 28.4 Å². The molecule has 0 saturated carbocycles. The summed E-state index contributed by atoms with van der Waals surface area (Å²) in [6.07, 6.45) is 2.91. The van der Waals surface area contributed by atoms with Crippen LogP contribution in [-0.4, -0.2) is 24.2 Å². The number of furan rings is 1. The number of ether oxygens (including phenoxy) is 2. The minimum absolute atomic E-state index is 0.0159. The van der Waals surface area contributed by atoms with Gasteiger partial charge < -0.3 is 13.9 Å². The monoisotopic (exact) mass is 409 g/mol. The molecule has 1 aromatic heterocycles. The zero-order valence-corrected chi connectivity index (χ0v) is 16.3. The third-order valence-corrected chi connectivity index (χ3v) is 4.21. The largest absolute Gasteiger partial charge is 0.493 e. The van der Waals surface area contributed by atoms with Crippen molar-refractivity contribution in [2.75, 3.05) is 7.11 Å². The van der Waals surface area contributed by atoms with E-state index in [0.717, 1.165) is 5.56 Å². The molecule has 2 aromatic carbocycles. The second kappa shape index (κ2) is 9.37. The summed E-state index contributed by atoms with van der Waals surface area (Å²) in [6, 6.07) is 12.9. The maximum Gasteiger partial charge on any atom is 0.274 e. The van der Waals surface area contributed by atoms with E-state index in [1.165, 1.54) is 31.7 Å². The van der Waals surface area contributed by atoms with Crippen molar-refractivity contribution in [3.63, 3.8) is 0 Å². The normalized spacial score (nSPS) is 10.7. The molecule has 1 amide bonds. The summed E-state index contributed by atoms with van der Waals surface area (Å²) in [5.41, 5.74) is 4.31. The van der Waals surface area contributed by atoms with Crippen LogP contribution in [0.2, 0.25) is 0 Å². The molecule has 3 rings (SSSR count). The number of hydrazone groups is 1. The van der Waals surface area contributed by atoms with E-state index in [1.807, 2.05) is 0 Å². The Labute approximate surface area is 172 Å². The number of carbonyl (C=O) groups excluding carboxylic acids is 1. The third kappa shape index (κ3) is 5.02. The van der Waals surface area contributed by atoms with Gasteiger partial charge in [-0.3, -0.25) is 14.9 Å². The van der Waals surface area contributed by atoms with Crippen LogP contribution in [0.3, 0.4) is 0 Å². The number of nitro benzene ring substituents is 1. The van der Waals surface area contributed by atoms with Crippen LogP contribution in [-0.2, 0) is 6.61 Å². The van der Waals surface area contributed by atoms with E-state index in [2.05, 4.69) is 10.5 Å². The number of hydrogen-bond acceptors (Lipinski definition) is 7. The predicted octanol–water partition coefficient (Wildman–Crippen LogP) is 3.85.